The fourth-order valence-electron chi connectivity index (χ4n) is 3.62. The van der Waals surface area contributed by atoms with Crippen LogP contribution in [0.4, 0.5) is 10.5 Å². The monoisotopic (exact) mass is 546 g/mol. The molecule has 9 nitrogen and oxygen atoms in total. The Hall–Kier alpha value is -3.11. The fourth-order valence-corrected chi connectivity index (χ4v) is 3.81. The highest BCUT2D eigenvalue weighted by molar-refractivity contribution is 6.17. The van der Waals surface area contributed by atoms with Gasteiger partial charge in [0.1, 0.15) is 12.4 Å². The van der Waals surface area contributed by atoms with E-state index in [1.165, 1.54) is 0 Å². The number of rotatable bonds is 16. The van der Waals surface area contributed by atoms with Gasteiger partial charge in [-0.3, -0.25) is 10.1 Å². The summed E-state index contributed by atoms with van der Waals surface area (Å²) in [5.74, 6) is 0.583. The molecule has 1 aliphatic heterocycles. The molecular weight excluding hydrogens is 512 g/mol. The number of hydrogen-bond donors (Lipinski definition) is 3. The van der Waals surface area contributed by atoms with Crippen molar-refractivity contribution in [3.63, 3.8) is 0 Å². The standard InChI is InChI=1S/C28H35ClN2O7/c29-12-6-1-2-7-14-35-16-17-36-15-13-30-26(32)24-18-22-10-11-23(19-25(22)38-27(24)33)31-28(34)37-20-21-8-4-3-5-9-21/h3-5,8-11,18-19,27,33H,1-2,6-7,12-17,20H2,(H,30,32)(H,31,34). The third-order valence-corrected chi connectivity index (χ3v) is 5.89. The fraction of sp³-hybridized carbons (Fsp3) is 0.429. The van der Waals surface area contributed by atoms with Crippen LogP contribution >= 0.6 is 11.6 Å². The number of alkyl halides is 1. The van der Waals surface area contributed by atoms with Crippen molar-refractivity contribution in [3.05, 3.63) is 65.2 Å². The van der Waals surface area contributed by atoms with Gasteiger partial charge in [0.2, 0.25) is 6.29 Å². The maximum absolute atomic E-state index is 12.5. The Labute approximate surface area is 228 Å². The molecule has 10 heteroatoms. The molecule has 0 saturated carbocycles. The molecule has 2 aromatic carbocycles. The third kappa shape index (κ3) is 10.3. The lowest BCUT2D eigenvalue weighted by Gasteiger charge is -2.23. The number of carbonyl (C=O) groups is 2. The summed E-state index contributed by atoms with van der Waals surface area (Å²) < 4.78 is 21.7. The first-order chi connectivity index (χ1) is 18.6. The van der Waals surface area contributed by atoms with Crippen molar-refractivity contribution in [1.82, 2.24) is 5.32 Å². The minimum Gasteiger partial charge on any atom is -0.460 e. The second-order valence-electron chi connectivity index (χ2n) is 8.59. The Morgan fingerprint density at radius 1 is 0.947 bits per heavy atom. The van der Waals surface area contributed by atoms with E-state index in [0.717, 1.165) is 31.2 Å². The Morgan fingerprint density at radius 3 is 2.50 bits per heavy atom. The van der Waals surface area contributed by atoms with Gasteiger partial charge in [-0.2, -0.15) is 0 Å². The van der Waals surface area contributed by atoms with Gasteiger partial charge in [0, 0.05) is 36.3 Å². The number of nitrogens with one attached hydrogen (secondary N) is 2. The molecule has 206 valence electrons. The van der Waals surface area contributed by atoms with Crippen molar-refractivity contribution in [2.24, 2.45) is 0 Å². The SMILES string of the molecule is O=C(Nc1ccc2c(c1)OC(O)C(C(=O)NCCOCCOCCCCCCCl)=C2)OCc1ccccc1. The number of hydrogen-bond acceptors (Lipinski definition) is 7. The molecule has 0 bridgehead atoms. The molecule has 2 amide bonds. The molecule has 3 rings (SSSR count). The summed E-state index contributed by atoms with van der Waals surface area (Å²) in [7, 11) is 0. The van der Waals surface area contributed by atoms with Crippen LogP contribution in [0.1, 0.15) is 36.8 Å². The summed E-state index contributed by atoms with van der Waals surface area (Å²) >= 11 is 5.65. The quantitative estimate of drug-likeness (QED) is 0.210. The zero-order chi connectivity index (χ0) is 27.0. The number of unbranched alkanes of at least 4 members (excludes halogenated alkanes) is 3. The molecule has 0 fully saturated rings. The molecule has 1 aliphatic rings. The predicted octanol–water partition coefficient (Wildman–Crippen LogP) is 4.48. The molecule has 0 radical (unpaired) electrons. The van der Waals surface area contributed by atoms with Gasteiger partial charge in [0.25, 0.3) is 5.91 Å². The minimum atomic E-state index is -1.44. The zero-order valence-electron chi connectivity index (χ0n) is 21.3. The first-order valence-corrected chi connectivity index (χ1v) is 13.3. The minimum absolute atomic E-state index is 0.0815. The van der Waals surface area contributed by atoms with Crippen molar-refractivity contribution in [3.8, 4) is 5.75 Å². The van der Waals surface area contributed by atoms with Gasteiger partial charge < -0.3 is 29.4 Å². The Bertz CT molecular complexity index is 1050. The highest BCUT2D eigenvalue weighted by atomic mass is 35.5. The van der Waals surface area contributed by atoms with E-state index >= 15 is 0 Å². The normalized spacial score (nSPS) is 14.2. The topological polar surface area (TPSA) is 115 Å². The van der Waals surface area contributed by atoms with Crippen LogP contribution < -0.4 is 15.4 Å². The van der Waals surface area contributed by atoms with E-state index in [9.17, 15) is 14.7 Å². The number of carbonyl (C=O) groups excluding carboxylic acids is 2. The molecule has 1 atom stereocenters. The largest absolute Gasteiger partial charge is 0.460 e. The first-order valence-electron chi connectivity index (χ1n) is 12.7. The van der Waals surface area contributed by atoms with Gasteiger partial charge in [-0.25, -0.2) is 4.79 Å². The van der Waals surface area contributed by atoms with Crippen molar-refractivity contribution >= 4 is 35.4 Å². The van der Waals surface area contributed by atoms with Gasteiger partial charge in [-0.1, -0.05) is 43.2 Å². The third-order valence-electron chi connectivity index (χ3n) is 5.63. The van der Waals surface area contributed by atoms with E-state index in [1.807, 2.05) is 30.3 Å². The molecule has 3 N–H and O–H groups in total. The van der Waals surface area contributed by atoms with Gasteiger partial charge in [-0.05, 0) is 36.6 Å². The summed E-state index contributed by atoms with van der Waals surface area (Å²) in [6.07, 6.45) is 3.77. The van der Waals surface area contributed by atoms with Gasteiger partial charge in [0.05, 0.1) is 25.4 Å². The van der Waals surface area contributed by atoms with Crippen molar-refractivity contribution in [1.29, 1.82) is 0 Å². The van der Waals surface area contributed by atoms with Crippen LogP contribution in [0.25, 0.3) is 6.08 Å². The van der Waals surface area contributed by atoms with E-state index in [4.69, 9.17) is 30.5 Å². The average molecular weight is 547 g/mol. The van der Waals surface area contributed by atoms with Crippen molar-refractivity contribution in [2.45, 2.75) is 38.6 Å². The lowest BCUT2D eigenvalue weighted by Crippen LogP contribution is -2.36. The van der Waals surface area contributed by atoms with Crippen LogP contribution in [-0.2, 0) is 25.6 Å². The van der Waals surface area contributed by atoms with Gasteiger partial charge in [-0.15, -0.1) is 11.6 Å². The van der Waals surface area contributed by atoms with E-state index in [1.54, 1.807) is 24.3 Å². The van der Waals surface area contributed by atoms with Crippen LogP contribution in [0, 0.1) is 0 Å². The molecule has 0 aliphatic carbocycles. The van der Waals surface area contributed by atoms with Crippen LogP contribution in [0.3, 0.4) is 0 Å². The van der Waals surface area contributed by atoms with E-state index in [0.29, 0.717) is 49.3 Å². The molecule has 1 unspecified atom stereocenters. The summed E-state index contributed by atoms with van der Waals surface area (Å²) in [6, 6.07) is 14.2. The number of aliphatic hydroxyl groups excluding tert-OH is 1. The number of fused-ring (bicyclic) bond motifs is 1. The molecule has 0 saturated heterocycles. The lowest BCUT2D eigenvalue weighted by atomic mass is 10.1. The van der Waals surface area contributed by atoms with E-state index < -0.39 is 18.3 Å². The molecule has 0 spiro atoms. The predicted molar refractivity (Wildman–Crippen MR) is 145 cm³/mol. The second kappa shape index (κ2) is 16.7. The number of ether oxygens (including phenoxy) is 4. The molecule has 1 heterocycles. The number of amides is 2. The number of aliphatic hydroxyl groups is 1. The van der Waals surface area contributed by atoms with Crippen LogP contribution in [-0.4, -0.2) is 62.2 Å². The van der Waals surface area contributed by atoms with Crippen molar-refractivity contribution < 1.29 is 33.6 Å². The maximum atomic E-state index is 12.5. The number of benzene rings is 2. The highest BCUT2D eigenvalue weighted by Gasteiger charge is 2.26. The summed E-state index contributed by atoms with van der Waals surface area (Å²) in [4.78, 5) is 24.6. The van der Waals surface area contributed by atoms with Gasteiger partial charge in [0.15, 0.2) is 0 Å². The summed E-state index contributed by atoms with van der Waals surface area (Å²) in [6.45, 7) is 2.38. The number of halogens is 1. The average Bonchev–Trinajstić information content (AvgIpc) is 2.92. The van der Waals surface area contributed by atoms with Crippen LogP contribution in [0.2, 0.25) is 0 Å². The van der Waals surface area contributed by atoms with Crippen LogP contribution in [0.15, 0.2) is 54.1 Å². The molecular formula is C28H35ClN2O7. The number of anilines is 1. The smallest absolute Gasteiger partial charge is 0.411 e. The van der Waals surface area contributed by atoms with Crippen LogP contribution in [0.5, 0.6) is 5.75 Å². The first kappa shape index (κ1) is 29.4. The van der Waals surface area contributed by atoms with Gasteiger partial charge >= 0.3 is 6.09 Å². The van der Waals surface area contributed by atoms with E-state index in [-0.39, 0.29) is 18.7 Å². The molecule has 38 heavy (non-hydrogen) atoms. The molecule has 2 aromatic rings. The Morgan fingerprint density at radius 2 is 1.71 bits per heavy atom. The summed E-state index contributed by atoms with van der Waals surface area (Å²) in [5, 5.41) is 15.7. The highest BCUT2D eigenvalue weighted by Crippen LogP contribution is 2.31. The molecule has 0 aromatic heterocycles. The Kier molecular flexibility index (Phi) is 12.9. The summed E-state index contributed by atoms with van der Waals surface area (Å²) in [5.41, 5.74) is 1.98. The Balaban J connectivity index is 1.36. The van der Waals surface area contributed by atoms with E-state index in [2.05, 4.69) is 10.6 Å². The lowest BCUT2D eigenvalue weighted by molar-refractivity contribution is -0.120. The second-order valence-corrected chi connectivity index (χ2v) is 8.97. The zero-order valence-corrected chi connectivity index (χ0v) is 22.1. The maximum Gasteiger partial charge on any atom is 0.411 e. The van der Waals surface area contributed by atoms with Crippen molar-refractivity contribution in [2.75, 3.05) is 44.2 Å².